The summed E-state index contributed by atoms with van der Waals surface area (Å²) in [5, 5.41) is 2.88. The Morgan fingerprint density at radius 3 is 2.33 bits per heavy atom. The van der Waals surface area contributed by atoms with Crippen LogP contribution in [0.3, 0.4) is 0 Å². The summed E-state index contributed by atoms with van der Waals surface area (Å²) in [5.74, 6) is -0.345. The fraction of sp³-hybridized carbons (Fsp3) is 0.833. The quantitative estimate of drug-likeness (QED) is 0.597. The number of ether oxygens (including phenoxy) is 2. The van der Waals surface area contributed by atoms with Gasteiger partial charge in [-0.15, -0.1) is 0 Å². The summed E-state index contributed by atoms with van der Waals surface area (Å²) in [6.07, 6.45) is -0.754. The summed E-state index contributed by atoms with van der Waals surface area (Å²) < 4.78 is 9.98. The zero-order valence-electron chi connectivity index (χ0n) is 12.1. The van der Waals surface area contributed by atoms with Crippen molar-refractivity contribution in [1.82, 2.24) is 10.2 Å². The molecule has 0 aliphatic heterocycles. The third-order valence-corrected chi connectivity index (χ3v) is 2.11. The Kier molecular flexibility index (Phi) is 6.68. The highest BCUT2D eigenvalue weighted by atomic mass is 16.6. The lowest BCUT2D eigenvalue weighted by Gasteiger charge is -2.29. The van der Waals surface area contributed by atoms with Crippen molar-refractivity contribution in [2.75, 3.05) is 20.2 Å². The molecule has 6 heteroatoms. The van der Waals surface area contributed by atoms with E-state index in [1.165, 1.54) is 4.90 Å². The SMILES string of the molecule is CCOC(=O)CNC(C)N(C)C(=O)OC(C)(C)C. The minimum atomic E-state index is -0.536. The average Bonchev–Trinajstić information content (AvgIpc) is 2.22. The van der Waals surface area contributed by atoms with Gasteiger partial charge in [0.25, 0.3) is 0 Å². The van der Waals surface area contributed by atoms with Crippen LogP contribution in [0.5, 0.6) is 0 Å². The molecule has 1 amide bonds. The molecule has 1 unspecified atom stereocenters. The molecular weight excluding hydrogens is 236 g/mol. The smallest absolute Gasteiger partial charge is 0.411 e. The molecule has 18 heavy (non-hydrogen) atoms. The number of hydrogen-bond donors (Lipinski definition) is 1. The highest BCUT2D eigenvalue weighted by Crippen LogP contribution is 2.09. The number of nitrogens with zero attached hydrogens (tertiary/aromatic N) is 1. The van der Waals surface area contributed by atoms with Crippen molar-refractivity contribution in [1.29, 1.82) is 0 Å². The number of rotatable bonds is 5. The van der Waals surface area contributed by atoms with E-state index < -0.39 is 11.7 Å². The van der Waals surface area contributed by atoms with Gasteiger partial charge < -0.3 is 9.47 Å². The largest absolute Gasteiger partial charge is 0.465 e. The van der Waals surface area contributed by atoms with Crippen LogP contribution in [-0.4, -0.2) is 48.9 Å². The highest BCUT2D eigenvalue weighted by molar-refractivity contribution is 5.72. The summed E-state index contributed by atoms with van der Waals surface area (Å²) in [7, 11) is 1.61. The molecule has 0 aliphatic carbocycles. The van der Waals surface area contributed by atoms with Crippen molar-refractivity contribution in [3.8, 4) is 0 Å². The molecule has 1 N–H and O–H groups in total. The molecule has 0 aliphatic rings. The summed E-state index contributed by atoms with van der Waals surface area (Å²) in [4.78, 5) is 24.3. The van der Waals surface area contributed by atoms with Gasteiger partial charge in [-0.2, -0.15) is 0 Å². The second-order valence-corrected chi connectivity index (χ2v) is 4.95. The van der Waals surface area contributed by atoms with Gasteiger partial charge in [0.05, 0.1) is 19.3 Å². The van der Waals surface area contributed by atoms with E-state index in [2.05, 4.69) is 5.32 Å². The van der Waals surface area contributed by atoms with Gasteiger partial charge in [-0.05, 0) is 34.6 Å². The summed E-state index contributed by atoms with van der Waals surface area (Å²) in [6, 6.07) is 0. The lowest BCUT2D eigenvalue weighted by atomic mass is 10.2. The number of carbonyl (C=O) groups is 2. The monoisotopic (exact) mass is 260 g/mol. The Morgan fingerprint density at radius 2 is 1.89 bits per heavy atom. The molecule has 0 aromatic carbocycles. The van der Waals surface area contributed by atoms with Crippen LogP contribution in [0.1, 0.15) is 34.6 Å². The zero-order valence-corrected chi connectivity index (χ0v) is 12.1. The van der Waals surface area contributed by atoms with Crippen LogP contribution in [0.2, 0.25) is 0 Å². The van der Waals surface area contributed by atoms with Crippen LogP contribution in [0.25, 0.3) is 0 Å². The van der Waals surface area contributed by atoms with E-state index in [4.69, 9.17) is 9.47 Å². The molecule has 0 saturated heterocycles. The Labute approximate surface area is 109 Å². The van der Waals surface area contributed by atoms with E-state index in [1.54, 1.807) is 41.7 Å². The van der Waals surface area contributed by atoms with Gasteiger partial charge in [-0.3, -0.25) is 15.0 Å². The van der Waals surface area contributed by atoms with Crippen LogP contribution in [0, 0.1) is 0 Å². The normalized spacial score (nSPS) is 12.8. The predicted molar refractivity (Wildman–Crippen MR) is 68.1 cm³/mol. The second-order valence-electron chi connectivity index (χ2n) is 4.95. The minimum absolute atomic E-state index is 0.0577. The van der Waals surface area contributed by atoms with Crippen molar-refractivity contribution < 1.29 is 19.1 Å². The molecule has 1 atom stereocenters. The first-order valence-corrected chi connectivity index (χ1v) is 6.02. The van der Waals surface area contributed by atoms with Crippen molar-refractivity contribution in [3.63, 3.8) is 0 Å². The first-order valence-electron chi connectivity index (χ1n) is 6.02. The maximum atomic E-state index is 11.7. The number of amides is 1. The van der Waals surface area contributed by atoms with Crippen molar-refractivity contribution >= 4 is 12.1 Å². The fourth-order valence-electron chi connectivity index (χ4n) is 1.07. The fourth-order valence-corrected chi connectivity index (χ4v) is 1.07. The van der Waals surface area contributed by atoms with Crippen molar-refractivity contribution in [2.45, 2.75) is 46.4 Å². The maximum Gasteiger partial charge on any atom is 0.411 e. The Bertz CT molecular complexity index is 286. The van der Waals surface area contributed by atoms with Gasteiger partial charge in [-0.1, -0.05) is 0 Å². The summed E-state index contributed by atoms with van der Waals surface area (Å²) in [6.45, 7) is 9.32. The molecule has 0 heterocycles. The first kappa shape index (κ1) is 16.7. The third-order valence-electron chi connectivity index (χ3n) is 2.11. The second kappa shape index (κ2) is 7.20. The van der Waals surface area contributed by atoms with Crippen LogP contribution in [0.15, 0.2) is 0 Å². The van der Waals surface area contributed by atoms with E-state index >= 15 is 0 Å². The van der Waals surface area contributed by atoms with Crippen molar-refractivity contribution in [2.24, 2.45) is 0 Å². The number of nitrogens with one attached hydrogen (secondary N) is 1. The van der Waals surface area contributed by atoms with Crippen LogP contribution in [-0.2, 0) is 14.3 Å². The van der Waals surface area contributed by atoms with Crippen molar-refractivity contribution in [3.05, 3.63) is 0 Å². The molecule has 0 rings (SSSR count). The van der Waals surface area contributed by atoms with E-state index in [0.29, 0.717) is 6.61 Å². The predicted octanol–water partition coefficient (Wildman–Crippen LogP) is 1.35. The lowest BCUT2D eigenvalue weighted by Crippen LogP contribution is -2.48. The van der Waals surface area contributed by atoms with E-state index in [0.717, 1.165) is 0 Å². The van der Waals surface area contributed by atoms with Crippen LogP contribution >= 0.6 is 0 Å². The number of hydrogen-bond acceptors (Lipinski definition) is 5. The molecule has 6 nitrogen and oxygen atoms in total. The summed E-state index contributed by atoms with van der Waals surface area (Å²) in [5.41, 5.74) is -0.536. The maximum absolute atomic E-state index is 11.7. The van der Waals surface area contributed by atoms with Gasteiger partial charge in [0.15, 0.2) is 0 Å². The first-order chi connectivity index (χ1) is 8.17. The van der Waals surface area contributed by atoms with E-state index in [1.807, 2.05) is 0 Å². The molecular formula is C12H24N2O4. The molecule has 0 aromatic heterocycles. The van der Waals surface area contributed by atoms with Gasteiger partial charge in [0, 0.05) is 7.05 Å². The van der Waals surface area contributed by atoms with Gasteiger partial charge >= 0.3 is 12.1 Å². The highest BCUT2D eigenvalue weighted by Gasteiger charge is 2.22. The van der Waals surface area contributed by atoms with Gasteiger partial charge in [-0.25, -0.2) is 4.79 Å². The van der Waals surface area contributed by atoms with Gasteiger partial charge in [0.2, 0.25) is 0 Å². The number of carbonyl (C=O) groups excluding carboxylic acids is 2. The third kappa shape index (κ3) is 7.11. The molecule has 0 aromatic rings. The molecule has 0 radical (unpaired) electrons. The Morgan fingerprint density at radius 1 is 1.33 bits per heavy atom. The summed E-state index contributed by atoms with van der Waals surface area (Å²) >= 11 is 0. The topological polar surface area (TPSA) is 67.9 Å². The molecule has 0 fully saturated rings. The Balaban J connectivity index is 4.13. The lowest BCUT2D eigenvalue weighted by molar-refractivity contribution is -0.142. The van der Waals surface area contributed by atoms with E-state index in [9.17, 15) is 9.59 Å². The minimum Gasteiger partial charge on any atom is -0.465 e. The molecule has 0 spiro atoms. The van der Waals surface area contributed by atoms with Crippen LogP contribution in [0.4, 0.5) is 4.79 Å². The van der Waals surface area contributed by atoms with E-state index in [-0.39, 0.29) is 18.7 Å². The molecule has 0 saturated carbocycles. The molecule has 0 bridgehead atoms. The number of esters is 1. The van der Waals surface area contributed by atoms with Crippen LogP contribution < -0.4 is 5.32 Å². The average molecular weight is 260 g/mol. The Hall–Kier alpha value is -1.30. The molecule has 106 valence electrons. The van der Waals surface area contributed by atoms with Gasteiger partial charge in [0.1, 0.15) is 5.60 Å². The zero-order chi connectivity index (χ0) is 14.3. The standard InChI is InChI=1S/C12H24N2O4/c1-7-17-10(15)8-13-9(2)14(6)11(16)18-12(3,4)5/h9,13H,7-8H2,1-6H3.